The molecule has 0 radical (unpaired) electrons. The van der Waals surface area contributed by atoms with E-state index in [2.05, 4.69) is 6.58 Å². The first-order chi connectivity index (χ1) is 7.85. The number of carboxylic acids is 1. The molecule has 0 saturated carbocycles. The van der Waals surface area contributed by atoms with Gasteiger partial charge in [0.15, 0.2) is 0 Å². The van der Waals surface area contributed by atoms with E-state index in [1.165, 1.54) is 6.08 Å². The molecule has 0 heterocycles. The SMILES string of the molecule is C=CC(=O)O.O=S(=O)(O)C=Cc1ccccc1. The fraction of sp³-hybridized carbons (Fsp3) is 0. The van der Waals surface area contributed by atoms with Crippen LogP contribution in [0.3, 0.4) is 0 Å². The molecule has 1 aromatic rings. The van der Waals surface area contributed by atoms with Crippen molar-refractivity contribution in [2.24, 2.45) is 0 Å². The molecule has 2 N–H and O–H groups in total. The highest BCUT2D eigenvalue weighted by molar-refractivity contribution is 7.88. The Hall–Kier alpha value is -1.92. The lowest BCUT2D eigenvalue weighted by Gasteiger charge is -1.89. The molecule has 0 aliphatic carbocycles. The van der Waals surface area contributed by atoms with E-state index in [-0.39, 0.29) is 0 Å². The highest BCUT2D eigenvalue weighted by atomic mass is 32.2. The van der Waals surface area contributed by atoms with Crippen molar-refractivity contribution in [2.45, 2.75) is 0 Å². The molecule has 0 atom stereocenters. The van der Waals surface area contributed by atoms with E-state index in [1.807, 2.05) is 6.07 Å². The predicted molar refractivity (Wildman–Crippen MR) is 64.9 cm³/mol. The third-order valence-electron chi connectivity index (χ3n) is 1.41. The van der Waals surface area contributed by atoms with Gasteiger partial charge >= 0.3 is 5.97 Å². The van der Waals surface area contributed by atoms with E-state index in [1.54, 1.807) is 24.3 Å². The fourth-order valence-corrected chi connectivity index (χ4v) is 1.06. The Bertz CT molecular complexity index is 488. The minimum Gasteiger partial charge on any atom is -0.478 e. The van der Waals surface area contributed by atoms with E-state index >= 15 is 0 Å². The van der Waals surface area contributed by atoms with Crippen LogP contribution in [0.4, 0.5) is 0 Å². The molecule has 0 fully saturated rings. The first-order valence-electron chi connectivity index (χ1n) is 4.41. The van der Waals surface area contributed by atoms with Crippen molar-refractivity contribution in [1.82, 2.24) is 0 Å². The summed E-state index contributed by atoms with van der Waals surface area (Å²) in [5, 5.41) is 8.36. The average Bonchev–Trinajstić information content (AvgIpc) is 2.28. The van der Waals surface area contributed by atoms with Crippen LogP contribution in [0.2, 0.25) is 0 Å². The largest absolute Gasteiger partial charge is 0.478 e. The van der Waals surface area contributed by atoms with Gasteiger partial charge in [-0.25, -0.2) is 4.79 Å². The average molecular weight is 256 g/mol. The standard InChI is InChI=1S/C8H8O3S.C3H4O2/c9-12(10,11)7-6-8-4-2-1-3-5-8;1-2-3(4)5/h1-7H,(H,9,10,11);2H,1H2,(H,4,5). The van der Waals surface area contributed by atoms with Gasteiger partial charge in [-0.05, 0) is 11.6 Å². The summed E-state index contributed by atoms with van der Waals surface area (Å²) in [6, 6.07) is 8.86. The van der Waals surface area contributed by atoms with Gasteiger partial charge in [-0.2, -0.15) is 8.42 Å². The number of hydrogen-bond donors (Lipinski definition) is 2. The molecular formula is C11H12O5S. The van der Waals surface area contributed by atoms with Crippen molar-refractivity contribution in [2.75, 3.05) is 0 Å². The van der Waals surface area contributed by atoms with Gasteiger partial charge < -0.3 is 5.11 Å². The number of aliphatic carboxylic acids is 1. The maximum Gasteiger partial charge on any atom is 0.327 e. The lowest BCUT2D eigenvalue weighted by Crippen LogP contribution is -1.88. The zero-order chi connectivity index (χ0) is 13.3. The van der Waals surface area contributed by atoms with Crippen LogP contribution in [0.1, 0.15) is 5.56 Å². The molecular weight excluding hydrogens is 244 g/mol. The van der Waals surface area contributed by atoms with Crippen LogP contribution in [0, 0.1) is 0 Å². The molecule has 0 aliphatic rings. The maximum atomic E-state index is 10.3. The van der Waals surface area contributed by atoms with Crippen molar-refractivity contribution in [1.29, 1.82) is 0 Å². The highest BCUT2D eigenvalue weighted by Crippen LogP contribution is 2.01. The second-order valence-corrected chi connectivity index (χ2v) is 4.07. The van der Waals surface area contributed by atoms with Gasteiger partial charge in [-0.15, -0.1) is 0 Å². The molecule has 0 bridgehead atoms. The summed E-state index contributed by atoms with van der Waals surface area (Å²) in [5.41, 5.74) is 0.732. The number of carboxylic acid groups (broad SMARTS) is 1. The van der Waals surface area contributed by atoms with Crippen LogP contribution in [-0.2, 0) is 14.9 Å². The Balaban J connectivity index is 0.000000437. The van der Waals surface area contributed by atoms with Crippen LogP contribution >= 0.6 is 0 Å². The number of carbonyl (C=O) groups is 1. The van der Waals surface area contributed by atoms with Crippen LogP contribution < -0.4 is 0 Å². The summed E-state index contributed by atoms with van der Waals surface area (Å²) >= 11 is 0. The number of hydrogen-bond acceptors (Lipinski definition) is 3. The minimum absolute atomic E-state index is 0.732. The lowest BCUT2D eigenvalue weighted by molar-refractivity contribution is -0.131. The Morgan fingerprint density at radius 3 is 2.06 bits per heavy atom. The molecule has 0 unspecified atom stereocenters. The van der Waals surface area contributed by atoms with Crippen molar-refractivity contribution in [3.8, 4) is 0 Å². The molecule has 0 amide bonds. The molecule has 0 saturated heterocycles. The molecule has 17 heavy (non-hydrogen) atoms. The summed E-state index contributed by atoms with van der Waals surface area (Å²) in [7, 11) is -4.00. The van der Waals surface area contributed by atoms with Gasteiger partial charge in [-0.1, -0.05) is 36.9 Å². The van der Waals surface area contributed by atoms with E-state index < -0.39 is 16.1 Å². The summed E-state index contributed by atoms with van der Waals surface area (Å²) in [6.45, 7) is 2.96. The molecule has 0 spiro atoms. The van der Waals surface area contributed by atoms with Gasteiger partial charge in [-0.3, -0.25) is 4.55 Å². The third kappa shape index (κ3) is 10.4. The quantitative estimate of drug-likeness (QED) is 0.635. The van der Waals surface area contributed by atoms with Crippen molar-refractivity contribution >= 4 is 22.2 Å². The van der Waals surface area contributed by atoms with Crippen LogP contribution in [0.5, 0.6) is 0 Å². The van der Waals surface area contributed by atoms with Crippen LogP contribution in [0.25, 0.3) is 6.08 Å². The van der Waals surface area contributed by atoms with Gasteiger partial charge in [0.05, 0.1) is 5.41 Å². The van der Waals surface area contributed by atoms with Crippen molar-refractivity contribution < 1.29 is 22.9 Å². The molecule has 6 heteroatoms. The maximum absolute atomic E-state index is 10.3. The Kier molecular flexibility index (Phi) is 6.54. The van der Waals surface area contributed by atoms with Gasteiger partial charge in [0.25, 0.3) is 10.1 Å². The van der Waals surface area contributed by atoms with Gasteiger partial charge in [0, 0.05) is 6.08 Å². The van der Waals surface area contributed by atoms with Crippen LogP contribution in [-0.4, -0.2) is 24.0 Å². The van der Waals surface area contributed by atoms with Gasteiger partial charge in [0.1, 0.15) is 0 Å². The van der Waals surface area contributed by atoms with Gasteiger partial charge in [0.2, 0.25) is 0 Å². The zero-order valence-electron chi connectivity index (χ0n) is 8.85. The van der Waals surface area contributed by atoms with E-state index in [4.69, 9.17) is 9.66 Å². The van der Waals surface area contributed by atoms with Crippen molar-refractivity contribution in [3.63, 3.8) is 0 Å². The van der Waals surface area contributed by atoms with Crippen LogP contribution in [0.15, 0.2) is 48.4 Å². The monoisotopic (exact) mass is 256 g/mol. The first-order valence-corrected chi connectivity index (χ1v) is 5.91. The minimum atomic E-state index is -4.00. The first kappa shape index (κ1) is 15.1. The topological polar surface area (TPSA) is 91.7 Å². The second kappa shape index (κ2) is 7.37. The summed E-state index contributed by atoms with van der Waals surface area (Å²) < 4.78 is 28.9. The fourth-order valence-electron chi connectivity index (χ4n) is 0.729. The predicted octanol–water partition coefficient (Wildman–Crippen LogP) is 1.80. The Morgan fingerprint density at radius 1 is 1.24 bits per heavy atom. The van der Waals surface area contributed by atoms with E-state index in [0.717, 1.165) is 17.0 Å². The smallest absolute Gasteiger partial charge is 0.327 e. The second-order valence-electron chi connectivity index (χ2n) is 2.77. The number of benzene rings is 1. The Labute approximate surface area is 99.5 Å². The Morgan fingerprint density at radius 2 is 1.71 bits per heavy atom. The normalized spacial score (nSPS) is 10.4. The molecule has 0 aromatic heterocycles. The third-order valence-corrected chi connectivity index (χ3v) is 1.89. The number of rotatable bonds is 3. The van der Waals surface area contributed by atoms with E-state index in [0.29, 0.717) is 0 Å². The molecule has 1 aromatic carbocycles. The zero-order valence-corrected chi connectivity index (χ0v) is 9.67. The summed E-state index contributed by atoms with van der Waals surface area (Å²) in [6.07, 6.45) is 2.16. The molecule has 1 rings (SSSR count). The van der Waals surface area contributed by atoms with Crippen molar-refractivity contribution in [3.05, 3.63) is 54.0 Å². The van der Waals surface area contributed by atoms with E-state index in [9.17, 15) is 13.2 Å². The molecule has 92 valence electrons. The molecule has 5 nitrogen and oxygen atoms in total. The highest BCUT2D eigenvalue weighted by Gasteiger charge is 1.94. The lowest BCUT2D eigenvalue weighted by atomic mass is 10.2. The summed E-state index contributed by atoms with van der Waals surface area (Å²) in [4.78, 5) is 9.25. The molecule has 0 aliphatic heterocycles. The summed E-state index contributed by atoms with van der Waals surface area (Å²) in [5.74, 6) is -0.981.